The Morgan fingerprint density at radius 1 is 1.00 bits per heavy atom. The number of carbonyl (C=O) groups excluding carboxylic acids is 2. The molecule has 0 aliphatic heterocycles. The Kier molecular flexibility index (Phi) is 5.06. The second-order valence-electron chi connectivity index (χ2n) is 5.41. The maximum Gasteiger partial charge on any atom is 0.342 e. The number of hydrogen-bond acceptors (Lipinski definition) is 4. The van der Waals surface area contributed by atoms with Crippen molar-refractivity contribution in [3.05, 3.63) is 63.2 Å². The van der Waals surface area contributed by atoms with Crippen LogP contribution in [0.15, 0.2) is 30.3 Å². The molecule has 0 aliphatic carbocycles. The summed E-state index contributed by atoms with van der Waals surface area (Å²) in [5.74, 6) is -1.33. The van der Waals surface area contributed by atoms with Crippen LogP contribution >= 0.6 is 11.6 Å². The highest BCUT2D eigenvalue weighted by atomic mass is 35.5. The lowest BCUT2D eigenvalue weighted by molar-refractivity contribution is 0.0471. The smallest absolute Gasteiger partial charge is 0.342 e. The summed E-state index contributed by atoms with van der Waals surface area (Å²) in [5, 5.41) is 9.99. The topological polar surface area (TPSA) is 63.6 Å². The highest BCUT2D eigenvalue weighted by Crippen LogP contribution is 2.23. The first-order chi connectivity index (χ1) is 10.8. The molecule has 120 valence electrons. The van der Waals surface area contributed by atoms with Crippen LogP contribution in [0.2, 0.25) is 5.02 Å². The Balaban J connectivity index is 2.10. The van der Waals surface area contributed by atoms with E-state index in [1.165, 1.54) is 18.2 Å². The third-order valence-corrected chi connectivity index (χ3v) is 3.89. The lowest BCUT2D eigenvalue weighted by Gasteiger charge is -2.10. The molecule has 0 radical (unpaired) electrons. The molecule has 0 saturated carbocycles. The lowest BCUT2D eigenvalue weighted by atomic mass is 9.98. The summed E-state index contributed by atoms with van der Waals surface area (Å²) in [6.45, 7) is 5.35. The van der Waals surface area contributed by atoms with Crippen molar-refractivity contribution >= 4 is 23.4 Å². The lowest BCUT2D eigenvalue weighted by Crippen LogP contribution is -2.15. The molecule has 4 nitrogen and oxygen atoms in total. The van der Waals surface area contributed by atoms with Crippen LogP contribution in [-0.4, -0.2) is 23.5 Å². The number of hydrogen-bond donors (Lipinski definition) is 1. The number of esters is 1. The van der Waals surface area contributed by atoms with E-state index in [4.69, 9.17) is 16.3 Å². The first-order valence-corrected chi connectivity index (χ1v) is 7.44. The Morgan fingerprint density at radius 2 is 1.65 bits per heavy atom. The Bertz CT molecular complexity index is 781. The number of aryl methyl sites for hydroxylation is 3. The number of benzene rings is 2. The first kappa shape index (κ1) is 17.0. The predicted octanol–water partition coefficient (Wildman–Crippen LogP) is 4.01. The molecule has 1 N–H and O–H groups in total. The number of carbonyl (C=O) groups is 2. The van der Waals surface area contributed by atoms with Crippen molar-refractivity contribution in [1.82, 2.24) is 0 Å². The minimum absolute atomic E-state index is 0.0287. The number of aromatic hydroxyl groups is 1. The summed E-state index contributed by atoms with van der Waals surface area (Å²) < 4.78 is 5.00. The van der Waals surface area contributed by atoms with Gasteiger partial charge in [-0.05, 0) is 61.7 Å². The van der Waals surface area contributed by atoms with Gasteiger partial charge in [0.25, 0.3) is 0 Å². The minimum Gasteiger partial charge on any atom is -0.507 e. The van der Waals surface area contributed by atoms with Gasteiger partial charge in [0.15, 0.2) is 6.61 Å². The van der Waals surface area contributed by atoms with E-state index in [-0.39, 0.29) is 23.7 Å². The monoisotopic (exact) mass is 332 g/mol. The number of ether oxygens (including phenoxy) is 1. The van der Waals surface area contributed by atoms with Crippen LogP contribution in [0.4, 0.5) is 0 Å². The van der Waals surface area contributed by atoms with Gasteiger partial charge in [0.1, 0.15) is 11.3 Å². The van der Waals surface area contributed by atoms with Crippen molar-refractivity contribution < 1.29 is 19.4 Å². The predicted molar refractivity (Wildman–Crippen MR) is 88.4 cm³/mol. The molecule has 2 aromatic carbocycles. The molecule has 0 spiro atoms. The van der Waals surface area contributed by atoms with Crippen molar-refractivity contribution in [2.75, 3.05) is 6.61 Å². The molecular formula is C18H17ClO4. The van der Waals surface area contributed by atoms with Gasteiger partial charge in [0.05, 0.1) is 0 Å². The molecule has 0 atom stereocenters. The zero-order valence-electron chi connectivity index (χ0n) is 13.1. The zero-order chi connectivity index (χ0) is 17.1. The molecule has 5 heteroatoms. The van der Waals surface area contributed by atoms with E-state index in [1.807, 2.05) is 26.8 Å². The van der Waals surface area contributed by atoms with Crippen LogP contribution in [0.1, 0.15) is 37.4 Å². The quantitative estimate of drug-likeness (QED) is 0.678. The number of rotatable bonds is 4. The number of ketones is 1. The van der Waals surface area contributed by atoms with E-state index < -0.39 is 5.97 Å². The van der Waals surface area contributed by atoms with Gasteiger partial charge in [-0.25, -0.2) is 4.79 Å². The maximum atomic E-state index is 12.2. The number of Topliss-reactive ketones (excluding diaryl/α,β-unsaturated/α-hetero) is 1. The van der Waals surface area contributed by atoms with Gasteiger partial charge in [-0.15, -0.1) is 0 Å². The van der Waals surface area contributed by atoms with Crippen LogP contribution < -0.4 is 0 Å². The normalized spacial score (nSPS) is 10.4. The molecule has 0 amide bonds. The van der Waals surface area contributed by atoms with Crippen LogP contribution in [0.5, 0.6) is 5.75 Å². The molecule has 0 aliphatic rings. The van der Waals surface area contributed by atoms with E-state index in [0.717, 1.165) is 16.7 Å². The molecule has 0 fully saturated rings. The second-order valence-corrected chi connectivity index (χ2v) is 5.85. The van der Waals surface area contributed by atoms with Gasteiger partial charge in [0, 0.05) is 10.6 Å². The van der Waals surface area contributed by atoms with E-state index in [0.29, 0.717) is 10.6 Å². The zero-order valence-corrected chi connectivity index (χ0v) is 13.9. The fraction of sp³-hybridized carbons (Fsp3) is 0.222. The van der Waals surface area contributed by atoms with Gasteiger partial charge in [-0.2, -0.15) is 0 Å². The summed E-state index contributed by atoms with van der Waals surface area (Å²) in [4.78, 5) is 24.2. The summed E-state index contributed by atoms with van der Waals surface area (Å²) in [6.07, 6.45) is 0. The standard InChI is InChI=1S/C18H17ClO4/c1-10-6-12(3)15(7-11(10)2)17(21)9-23-18(22)14-5-4-13(19)8-16(14)20/h4-8,20H,9H2,1-3H3. The molecule has 2 aromatic rings. The molecule has 0 aromatic heterocycles. The summed E-state index contributed by atoms with van der Waals surface area (Å²) in [5.41, 5.74) is 3.44. The Labute approximate surface area is 139 Å². The van der Waals surface area contributed by atoms with Crippen molar-refractivity contribution in [3.63, 3.8) is 0 Å². The van der Waals surface area contributed by atoms with Gasteiger partial charge in [-0.1, -0.05) is 17.7 Å². The summed E-state index contributed by atoms with van der Waals surface area (Å²) >= 11 is 5.71. The second kappa shape index (κ2) is 6.84. The van der Waals surface area contributed by atoms with Crippen molar-refractivity contribution in [3.8, 4) is 5.75 Å². The Hall–Kier alpha value is -2.33. The maximum absolute atomic E-state index is 12.2. The van der Waals surface area contributed by atoms with Gasteiger partial charge >= 0.3 is 5.97 Å². The molecule has 0 heterocycles. The third kappa shape index (κ3) is 3.90. The molecule has 2 rings (SSSR count). The van der Waals surface area contributed by atoms with E-state index in [1.54, 1.807) is 6.07 Å². The minimum atomic E-state index is -0.769. The number of halogens is 1. The molecular weight excluding hydrogens is 316 g/mol. The number of phenolic OH excluding ortho intramolecular Hbond substituents is 1. The SMILES string of the molecule is Cc1cc(C)c(C(=O)COC(=O)c2ccc(Cl)cc2O)cc1C. The largest absolute Gasteiger partial charge is 0.507 e. The Morgan fingerprint density at radius 3 is 2.30 bits per heavy atom. The van der Waals surface area contributed by atoms with Gasteiger partial charge < -0.3 is 9.84 Å². The highest BCUT2D eigenvalue weighted by Gasteiger charge is 2.17. The van der Waals surface area contributed by atoms with E-state index in [9.17, 15) is 14.7 Å². The fourth-order valence-corrected chi connectivity index (χ4v) is 2.39. The van der Waals surface area contributed by atoms with Crippen LogP contribution in [0.25, 0.3) is 0 Å². The molecule has 23 heavy (non-hydrogen) atoms. The van der Waals surface area contributed by atoms with E-state index >= 15 is 0 Å². The molecule has 0 saturated heterocycles. The summed E-state index contributed by atoms with van der Waals surface area (Å²) in [7, 11) is 0. The van der Waals surface area contributed by atoms with Crippen LogP contribution in [0, 0.1) is 20.8 Å². The van der Waals surface area contributed by atoms with Crippen LogP contribution in [-0.2, 0) is 4.74 Å². The van der Waals surface area contributed by atoms with Crippen molar-refractivity contribution in [2.45, 2.75) is 20.8 Å². The van der Waals surface area contributed by atoms with Crippen molar-refractivity contribution in [2.24, 2.45) is 0 Å². The third-order valence-electron chi connectivity index (χ3n) is 3.66. The van der Waals surface area contributed by atoms with E-state index in [2.05, 4.69) is 0 Å². The average Bonchev–Trinajstić information content (AvgIpc) is 2.48. The molecule has 0 unspecified atom stereocenters. The average molecular weight is 333 g/mol. The van der Waals surface area contributed by atoms with Gasteiger partial charge in [-0.3, -0.25) is 4.79 Å². The molecule has 0 bridgehead atoms. The first-order valence-electron chi connectivity index (χ1n) is 7.06. The van der Waals surface area contributed by atoms with Crippen LogP contribution in [0.3, 0.4) is 0 Å². The van der Waals surface area contributed by atoms with Gasteiger partial charge in [0.2, 0.25) is 5.78 Å². The number of phenols is 1. The highest BCUT2D eigenvalue weighted by molar-refractivity contribution is 6.30. The van der Waals surface area contributed by atoms with Crippen molar-refractivity contribution in [1.29, 1.82) is 0 Å². The summed E-state index contributed by atoms with van der Waals surface area (Å²) in [6, 6.07) is 7.78. The fourth-order valence-electron chi connectivity index (χ4n) is 2.22.